The Kier molecular flexibility index (Phi) is 4.78. The normalized spacial score (nSPS) is 13.1. The zero-order valence-corrected chi connectivity index (χ0v) is 9.82. The van der Waals surface area contributed by atoms with Gasteiger partial charge >= 0.3 is 0 Å². The summed E-state index contributed by atoms with van der Waals surface area (Å²) >= 11 is 0. The van der Waals surface area contributed by atoms with Gasteiger partial charge in [-0.05, 0) is 31.9 Å². The van der Waals surface area contributed by atoms with Crippen LogP contribution in [0.2, 0.25) is 0 Å². The van der Waals surface area contributed by atoms with Gasteiger partial charge in [0.1, 0.15) is 0 Å². The van der Waals surface area contributed by atoms with E-state index in [-0.39, 0.29) is 6.61 Å². The first-order valence-electron chi connectivity index (χ1n) is 5.44. The third-order valence-electron chi connectivity index (χ3n) is 2.52. The quantitative estimate of drug-likeness (QED) is 0.733. The van der Waals surface area contributed by atoms with Crippen molar-refractivity contribution in [2.75, 3.05) is 13.2 Å². The van der Waals surface area contributed by atoms with Gasteiger partial charge in [-0.2, -0.15) is 5.10 Å². The summed E-state index contributed by atoms with van der Waals surface area (Å²) in [5, 5.41) is 16.4. The lowest BCUT2D eigenvalue weighted by atomic mass is 10.1. The lowest BCUT2D eigenvalue weighted by molar-refractivity contribution is 0.260. The van der Waals surface area contributed by atoms with Crippen LogP contribution in [0.3, 0.4) is 0 Å². The third kappa shape index (κ3) is 4.01. The molecule has 86 valence electrons. The van der Waals surface area contributed by atoms with Gasteiger partial charge < -0.3 is 10.4 Å². The average molecular weight is 211 g/mol. The molecule has 0 amide bonds. The van der Waals surface area contributed by atoms with E-state index in [0.29, 0.717) is 5.92 Å². The maximum atomic E-state index is 8.76. The van der Waals surface area contributed by atoms with Gasteiger partial charge in [0, 0.05) is 20.2 Å². The molecule has 0 aliphatic heterocycles. The number of nitrogens with zero attached hydrogens (tertiary/aromatic N) is 2. The molecule has 0 saturated heterocycles. The second-order valence-electron chi connectivity index (χ2n) is 4.15. The van der Waals surface area contributed by atoms with Crippen molar-refractivity contribution in [1.29, 1.82) is 0 Å². The van der Waals surface area contributed by atoms with Crippen molar-refractivity contribution in [2.24, 2.45) is 13.0 Å². The molecule has 0 spiro atoms. The Labute approximate surface area is 91.3 Å². The molecule has 1 heterocycles. The first-order chi connectivity index (χ1) is 7.13. The molecule has 0 aliphatic carbocycles. The van der Waals surface area contributed by atoms with Crippen LogP contribution in [0.15, 0.2) is 6.07 Å². The van der Waals surface area contributed by atoms with Gasteiger partial charge in [-0.15, -0.1) is 0 Å². The van der Waals surface area contributed by atoms with Crippen LogP contribution in [0.25, 0.3) is 0 Å². The molecular weight excluding hydrogens is 190 g/mol. The number of hydrogen-bond acceptors (Lipinski definition) is 3. The molecule has 0 radical (unpaired) electrons. The largest absolute Gasteiger partial charge is 0.396 e. The van der Waals surface area contributed by atoms with E-state index in [1.807, 2.05) is 18.7 Å². The minimum atomic E-state index is 0.271. The minimum Gasteiger partial charge on any atom is -0.396 e. The van der Waals surface area contributed by atoms with Gasteiger partial charge in [0.15, 0.2) is 0 Å². The Bertz CT molecular complexity index is 296. The lowest BCUT2D eigenvalue weighted by Gasteiger charge is -2.10. The predicted octanol–water partition coefficient (Wildman–Crippen LogP) is 0.837. The number of aliphatic hydroxyl groups is 1. The highest BCUT2D eigenvalue weighted by atomic mass is 16.3. The van der Waals surface area contributed by atoms with E-state index < -0.39 is 0 Å². The fourth-order valence-corrected chi connectivity index (χ4v) is 1.60. The first kappa shape index (κ1) is 12.2. The standard InChI is InChI=1S/C11H21N3O/c1-9(4-5-15)7-12-8-11-6-10(2)13-14(11)3/h6,9,12,15H,4-5,7-8H2,1-3H3. The molecule has 1 unspecified atom stereocenters. The topological polar surface area (TPSA) is 50.1 Å². The highest BCUT2D eigenvalue weighted by Crippen LogP contribution is 2.02. The molecule has 15 heavy (non-hydrogen) atoms. The Hall–Kier alpha value is -0.870. The van der Waals surface area contributed by atoms with Crippen molar-refractivity contribution in [3.63, 3.8) is 0 Å². The SMILES string of the molecule is Cc1cc(CNCC(C)CCO)n(C)n1. The van der Waals surface area contributed by atoms with Gasteiger partial charge in [-0.25, -0.2) is 0 Å². The monoisotopic (exact) mass is 211 g/mol. The zero-order chi connectivity index (χ0) is 11.3. The number of nitrogens with one attached hydrogen (secondary N) is 1. The molecular formula is C11H21N3O. The van der Waals surface area contributed by atoms with Crippen LogP contribution in [0.1, 0.15) is 24.7 Å². The van der Waals surface area contributed by atoms with Crippen molar-refractivity contribution in [2.45, 2.75) is 26.8 Å². The summed E-state index contributed by atoms with van der Waals surface area (Å²) in [6.07, 6.45) is 0.859. The summed E-state index contributed by atoms with van der Waals surface area (Å²) in [5.74, 6) is 0.518. The van der Waals surface area contributed by atoms with Crippen molar-refractivity contribution < 1.29 is 5.11 Å². The van der Waals surface area contributed by atoms with Crippen molar-refractivity contribution in [3.8, 4) is 0 Å². The number of aryl methyl sites for hydroxylation is 2. The van der Waals surface area contributed by atoms with Crippen LogP contribution < -0.4 is 5.32 Å². The third-order valence-corrected chi connectivity index (χ3v) is 2.52. The van der Waals surface area contributed by atoms with Gasteiger partial charge in [-0.1, -0.05) is 6.92 Å². The van der Waals surface area contributed by atoms with Crippen LogP contribution in [-0.2, 0) is 13.6 Å². The maximum absolute atomic E-state index is 8.76. The Morgan fingerprint density at radius 2 is 2.33 bits per heavy atom. The van der Waals surface area contributed by atoms with E-state index >= 15 is 0 Å². The molecule has 2 N–H and O–H groups in total. The summed E-state index contributed by atoms with van der Waals surface area (Å²) in [6, 6.07) is 2.09. The van der Waals surface area contributed by atoms with Gasteiger partial charge in [0.2, 0.25) is 0 Å². The van der Waals surface area contributed by atoms with Crippen LogP contribution in [-0.4, -0.2) is 28.0 Å². The van der Waals surface area contributed by atoms with Crippen molar-refractivity contribution in [1.82, 2.24) is 15.1 Å². The first-order valence-corrected chi connectivity index (χ1v) is 5.44. The number of rotatable bonds is 6. The summed E-state index contributed by atoms with van der Waals surface area (Å²) in [6.45, 7) is 6.18. The van der Waals surface area contributed by atoms with E-state index in [9.17, 15) is 0 Å². The Morgan fingerprint density at radius 1 is 1.60 bits per heavy atom. The van der Waals surface area contributed by atoms with Crippen LogP contribution >= 0.6 is 0 Å². The predicted molar refractivity (Wildman–Crippen MR) is 60.5 cm³/mol. The smallest absolute Gasteiger partial charge is 0.0597 e. The van der Waals surface area contributed by atoms with Crippen LogP contribution in [0.4, 0.5) is 0 Å². The van der Waals surface area contributed by atoms with E-state index in [1.54, 1.807) is 0 Å². The molecule has 1 aromatic heterocycles. The van der Waals surface area contributed by atoms with Gasteiger partial charge in [0.05, 0.1) is 11.4 Å². The Morgan fingerprint density at radius 3 is 2.87 bits per heavy atom. The molecule has 4 nitrogen and oxygen atoms in total. The molecule has 1 aromatic rings. The number of aromatic nitrogens is 2. The summed E-state index contributed by atoms with van der Waals surface area (Å²) in [5.41, 5.74) is 2.25. The number of aliphatic hydroxyl groups excluding tert-OH is 1. The lowest BCUT2D eigenvalue weighted by Crippen LogP contribution is -2.22. The fraction of sp³-hybridized carbons (Fsp3) is 0.727. The van der Waals surface area contributed by atoms with E-state index in [2.05, 4.69) is 23.4 Å². The highest BCUT2D eigenvalue weighted by Gasteiger charge is 2.03. The second-order valence-corrected chi connectivity index (χ2v) is 4.15. The van der Waals surface area contributed by atoms with Crippen molar-refractivity contribution in [3.05, 3.63) is 17.5 Å². The van der Waals surface area contributed by atoms with E-state index in [4.69, 9.17) is 5.11 Å². The van der Waals surface area contributed by atoms with Crippen LogP contribution in [0, 0.1) is 12.8 Å². The molecule has 0 bridgehead atoms. The van der Waals surface area contributed by atoms with E-state index in [0.717, 1.165) is 25.2 Å². The molecule has 4 heteroatoms. The zero-order valence-electron chi connectivity index (χ0n) is 9.82. The van der Waals surface area contributed by atoms with Gasteiger partial charge in [0.25, 0.3) is 0 Å². The van der Waals surface area contributed by atoms with Gasteiger partial charge in [-0.3, -0.25) is 4.68 Å². The summed E-state index contributed by atoms with van der Waals surface area (Å²) < 4.78 is 1.90. The second kappa shape index (κ2) is 5.88. The molecule has 0 aromatic carbocycles. The average Bonchev–Trinajstić information content (AvgIpc) is 2.46. The maximum Gasteiger partial charge on any atom is 0.0597 e. The number of hydrogen-bond donors (Lipinski definition) is 2. The van der Waals surface area contributed by atoms with Crippen molar-refractivity contribution >= 4 is 0 Å². The van der Waals surface area contributed by atoms with Crippen LogP contribution in [0.5, 0.6) is 0 Å². The van der Waals surface area contributed by atoms with E-state index in [1.165, 1.54) is 5.69 Å². The molecule has 0 fully saturated rings. The summed E-state index contributed by atoms with van der Waals surface area (Å²) in [4.78, 5) is 0. The summed E-state index contributed by atoms with van der Waals surface area (Å²) in [7, 11) is 1.96. The minimum absolute atomic E-state index is 0.271. The molecule has 1 rings (SSSR count). The fourth-order valence-electron chi connectivity index (χ4n) is 1.60. The molecule has 1 atom stereocenters. The molecule has 0 saturated carbocycles. The molecule has 0 aliphatic rings. The highest BCUT2D eigenvalue weighted by molar-refractivity contribution is 5.08. The Balaban J connectivity index is 2.28.